The van der Waals surface area contributed by atoms with Gasteiger partial charge in [-0.1, -0.05) is 33.9 Å². The molecule has 0 aliphatic carbocycles. The molecule has 0 aromatic carbocycles. The summed E-state index contributed by atoms with van der Waals surface area (Å²) in [4.78, 5) is 34.7. The van der Waals surface area contributed by atoms with Crippen molar-refractivity contribution in [3.63, 3.8) is 0 Å². The highest BCUT2D eigenvalue weighted by molar-refractivity contribution is 7.80. The van der Waals surface area contributed by atoms with E-state index in [-0.39, 0.29) is 24.0 Å². The van der Waals surface area contributed by atoms with Crippen molar-refractivity contribution in [3.05, 3.63) is 17.5 Å². The summed E-state index contributed by atoms with van der Waals surface area (Å²) in [5, 5.41) is 7.86. The number of hydroxylamine groups is 2. The summed E-state index contributed by atoms with van der Waals surface area (Å²) >= 11 is 0. The molecule has 2 atom stereocenters. The molecule has 1 aromatic rings. The molecular weight excluding hydrogens is 470 g/mol. The number of nitrogens with one attached hydrogen (secondary N) is 2. The molecule has 13 nitrogen and oxygen atoms in total. The van der Waals surface area contributed by atoms with Gasteiger partial charge in [-0.3, -0.25) is 19.0 Å². The number of fused-ring (bicyclic) bond motifs is 4. The Kier molecular flexibility index (Phi) is 6.38. The average molecular weight is 502 g/mol. The van der Waals surface area contributed by atoms with Gasteiger partial charge in [0, 0.05) is 19.7 Å². The Morgan fingerprint density at radius 2 is 2.03 bits per heavy atom. The van der Waals surface area contributed by atoms with E-state index in [0.717, 1.165) is 0 Å². The Morgan fingerprint density at radius 1 is 1.39 bits per heavy atom. The van der Waals surface area contributed by atoms with Gasteiger partial charge in [0.2, 0.25) is 5.91 Å². The number of urea groups is 1. The number of carbonyl (C=O) groups excluding carboxylic acids is 2. The van der Waals surface area contributed by atoms with Crippen molar-refractivity contribution in [2.24, 2.45) is 4.99 Å². The van der Waals surface area contributed by atoms with Crippen LogP contribution in [0.4, 0.5) is 4.79 Å². The summed E-state index contributed by atoms with van der Waals surface area (Å²) in [5.74, 6) is 0.208. The number of amidine groups is 1. The maximum absolute atomic E-state index is 13.0. The lowest BCUT2D eigenvalue weighted by Gasteiger charge is -2.37. The first-order chi connectivity index (χ1) is 15.1. The predicted octanol–water partition coefficient (Wildman–Crippen LogP) is 0.820. The summed E-state index contributed by atoms with van der Waals surface area (Å²) in [6, 6.07) is -2.35. The van der Waals surface area contributed by atoms with Crippen LogP contribution in [0.2, 0.25) is 18.1 Å². The predicted molar refractivity (Wildman–Crippen MR) is 122 cm³/mol. The summed E-state index contributed by atoms with van der Waals surface area (Å²) in [5.41, 5.74) is 1.02. The maximum Gasteiger partial charge on any atom is 0.418 e. The lowest BCUT2D eigenvalue weighted by atomic mass is 9.97. The van der Waals surface area contributed by atoms with Gasteiger partial charge in [0.25, 0.3) is 0 Å². The Hall–Kier alpha value is -2.49. The van der Waals surface area contributed by atoms with Crippen LogP contribution in [-0.4, -0.2) is 79.4 Å². The molecule has 15 heteroatoms. The minimum atomic E-state index is -4.93. The molecule has 0 saturated carbocycles. The number of nitrogens with zero attached hydrogens (tertiary/aromatic N) is 5. The van der Waals surface area contributed by atoms with Crippen molar-refractivity contribution < 1.29 is 26.8 Å². The Morgan fingerprint density at radius 3 is 2.55 bits per heavy atom. The quantitative estimate of drug-likeness (QED) is 0.224. The molecular formula is C18H31N7O6SSi. The van der Waals surface area contributed by atoms with Gasteiger partial charge in [-0.15, -0.1) is 4.28 Å². The van der Waals surface area contributed by atoms with Gasteiger partial charge in [-0.05, 0) is 5.04 Å². The molecule has 1 saturated heterocycles. The van der Waals surface area contributed by atoms with Crippen molar-refractivity contribution in [2.45, 2.75) is 57.5 Å². The van der Waals surface area contributed by atoms with Crippen molar-refractivity contribution in [3.8, 4) is 0 Å². The van der Waals surface area contributed by atoms with Crippen LogP contribution in [0.25, 0.3) is 0 Å². The average Bonchev–Trinajstić information content (AvgIpc) is 3.18. The SMILES string of the molecule is CN=C(NC)[C@@H]1c2c(cnn2CC(=O)N[Si](C)(C)C(C)(C)C)[C@@H]2CN1C(=O)N2OS(=O)(=O)O. The fourth-order valence-electron chi connectivity index (χ4n) is 3.82. The number of aliphatic imine (C=N–C) groups is 1. The molecule has 3 heterocycles. The van der Waals surface area contributed by atoms with Gasteiger partial charge < -0.3 is 15.2 Å². The van der Waals surface area contributed by atoms with Crippen LogP contribution >= 0.6 is 0 Å². The molecule has 184 valence electrons. The number of aromatic nitrogens is 2. The Labute approximate surface area is 194 Å². The second-order valence-corrected chi connectivity index (χ2v) is 15.6. The molecule has 0 unspecified atom stereocenters. The first-order valence-electron chi connectivity index (χ1n) is 10.4. The zero-order chi connectivity index (χ0) is 24.9. The fraction of sp³-hybridized carbons (Fsp3) is 0.667. The Bertz CT molecular complexity index is 1090. The van der Waals surface area contributed by atoms with E-state index >= 15 is 0 Å². The van der Waals surface area contributed by atoms with Crippen molar-refractivity contribution in [2.75, 3.05) is 20.6 Å². The first-order valence-corrected chi connectivity index (χ1v) is 14.8. The van der Waals surface area contributed by atoms with Crippen LogP contribution < -0.4 is 10.3 Å². The number of hydrogen-bond acceptors (Lipinski definition) is 7. The van der Waals surface area contributed by atoms with Gasteiger partial charge >= 0.3 is 16.4 Å². The van der Waals surface area contributed by atoms with Crippen LogP contribution in [-0.2, 0) is 26.0 Å². The summed E-state index contributed by atoms with van der Waals surface area (Å²) < 4.78 is 37.9. The van der Waals surface area contributed by atoms with E-state index in [0.29, 0.717) is 22.2 Å². The third-order valence-electron chi connectivity index (χ3n) is 6.48. The van der Waals surface area contributed by atoms with Gasteiger partial charge in [0.05, 0.1) is 18.4 Å². The zero-order valence-electron chi connectivity index (χ0n) is 19.8. The highest BCUT2D eigenvalue weighted by Crippen LogP contribution is 2.44. The summed E-state index contributed by atoms with van der Waals surface area (Å²) in [6.45, 7) is 10.4. The number of rotatable bonds is 6. The number of hydrogen-bond donors (Lipinski definition) is 3. The topological polar surface area (TPSA) is 158 Å². The standard InChI is InChI=1S/C18H31N7O6SSi/c1-18(2,3)33(6,7)22-13(26)10-24-14-11(8-21-24)12-9-23(15(14)16(19-4)20-5)17(27)25(12)31-32(28,29)30/h8,12,15H,9-10H2,1-7H3,(H,19,20)(H,22,26)(H,28,29,30)/t12-,15-/m0/s1. The fourth-order valence-corrected chi connectivity index (χ4v) is 5.34. The highest BCUT2D eigenvalue weighted by atomic mass is 32.3. The van der Waals surface area contributed by atoms with Gasteiger partial charge in [0.1, 0.15) is 24.5 Å². The third kappa shape index (κ3) is 4.62. The molecule has 3 amide bonds. The van der Waals surface area contributed by atoms with Crippen LogP contribution in [0.15, 0.2) is 11.2 Å². The minimum Gasteiger partial charge on any atom is -0.380 e. The zero-order valence-corrected chi connectivity index (χ0v) is 21.6. The lowest BCUT2D eigenvalue weighted by Crippen LogP contribution is -2.55. The van der Waals surface area contributed by atoms with E-state index in [1.165, 1.54) is 15.8 Å². The van der Waals surface area contributed by atoms with E-state index in [9.17, 15) is 18.0 Å². The molecule has 1 fully saturated rings. The maximum atomic E-state index is 13.0. The molecule has 0 spiro atoms. The number of carbonyl (C=O) groups is 2. The molecule has 33 heavy (non-hydrogen) atoms. The summed E-state index contributed by atoms with van der Waals surface area (Å²) in [7, 11) is -3.85. The molecule has 2 aliphatic rings. The van der Waals surface area contributed by atoms with Crippen LogP contribution in [0.3, 0.4) is 0 Å². The molecule has 2 aliphatic heterocycles. The number of amides is 3. The van der Waals surface area contributed by atoms with Gasteiger partial charge in [0.15, 0.2) is 8.24 Å². The van der Waals surface area contributed by atoms with Crippen LogP contribution in [0.1, 0.15) is 44.1 Å². The van der Waals surface area contributed by atoms with E-state index in [1.54, 1.807) is 14.1 Å². The summed E-state index contributed by atoms with van der Waals surface area (Å²) in [6.07, 6.45) is 1.48. The van der Waals surface area contributed by atoms with E-state index in [1.807, 2.05) is 0 Å². The first kappa shape index (κ1) is 25.1. The monoisotopic (exact) mass is 501 g/mol. The minimum absolute atomic E-state index is 0.0617. The molecule has 0 radical (unpaired) electrons. The van der Waals surface area contributed by atoms with Crippen LogP contribution in [0.5, 0.6) is 0 Å². The smallest absolute Gasteiger partial charge is 0.380 e. The Balaban J connectivity index is 2.02. The van der Waals surface area contributed by atoms with Crippen molar-refractivity contribution in [1.29, 1.82) is 0 Å². The largest absolute Gasteiger partial charge is 0.418 e. The lowest BCUT2D eigenvalue weighted by molar-refractivity contribution is -0.120. The molecule has 2 bridgehead atoms. The van der Waals surface area contributed by atoms with Gasteiger partial charge in [-0.2, -0.15) is 18.6 Å². The van der Waals surface area contributed by atoms with Crippen molar-refractivity contribution in [1.82, 2.24) is 30.0 Å². The van der Waals surface area contributed by atoms with E-state index < -0.39 is 36.7 Å². The number of likely N-dealkylation sites (N-methyl/N-ethyl adjacent to an activating group) is 1. The molecule has 1 aromatic heterocycles. The second-order valence-electron chi connectivity index (χ2n) is 9.61. The van der Waals surface area contributed by atoms with Crippen LogP contribution in [0, 0.1) is 0 Å². The van der Waals surface area contributed by atoms with Crippen molar-refractivity contribution >= 4 is 36.4 Å². The molecule has 3 N–H and O–H groups in total. The molecule has 3 rings (SSSR count). The van der Waals surface area contributed by atoms with E-state index in [4.69, 9.17) is 4.55 Å². The van der Waals surface area contributed by atoms with E-state index in [2.05, 4.69) is 58.5 Å². The second kappa shape index (κ2) is 8.38. The normalized spacial score (nSPS) is 21.3. The highest BCUT2D eigenvalue weighted by Gasteiger charge is 2.53. The van der Waals surface area contributed by atoms with Gasteiger partial charge in [-0.25, -0.2) is 4.79 Å². The third-order valence-corrected chi connectivity index (χ3v) is 11.5.